The van der Waals surface area contributed by atoms with Crippen molar-refractivity contribution in [2.24, 2.45) is 17.3 Å². The molecule has 1 aliphatic heterocycles. The van der Waals surface area contributed by atoms with Crippen LogP contribution in [-0.4, -0.2) is 37.6 Å². The van der Waals surface area contributed by atoms with Gasteiger partial charge in [-0.25, -0.2) is 0 Å². The molecule has 2 heteroatoms. The Kier molecular flexibility index (Phi) is 3.35. The average Bonchev–Trinajstić information content (AvgIpc) is 2.55. The molecule has 23 heavy (non-hydrogen) atoms. The van der Waals surface area contributed by atoms with Crippen LogP contribution in [-0.2, 0) is 5.41 Å². The lowest BCUT2D eigenvalue weighted by Gasteiger charge is -2.63. The van der Waals surface area contributed by atoms with Crippen LogP contribution in [0.5, 0.6) is 0 Å². The second-order valence-electron chi connectivity index (χ2n) is 9.13. The summed E-state index contributed by atoms with van der Waals surface area (Å²) in [6.45, 7) is 6.26. The van der Waals surface area contributed by atoms with E-state index < -0.39 is 0 Å². The van der Waals surface area contributed by atoms with E-state index in [1.165, 1.54) is 71.2 Å². The zero-order valence-corrected chi connectivity index (χ0v) is 14.3. The van der Waals surface area contributed by atoms with Crippen molar-refractivity contribution in [1.29, 1.82) is 0 Å². The molecule has 0 spiro atoms. The molecule has 1 aromatic rings. The van der Waals surface area contributed by atoms with Crippen LogP contribution in [0.3, 0.4) is 0 Å². The van der Waals surface area contributed by atoms with Gasteiger partial charge in [-0.2, -0.15) is 0 Å². The minimum absolute atomic E-state index is 0.513. The summed E-state index contributed by atoms with van der Waals surface area (Å²) in [5.74, 6) is 2.00. The first-order chi connectivity index (χ1) is 11.3. The smallest absolute Gasteiger partial charge is 0.0108 e. The van der Waals surface area contributed by atoms with Gasteiger partial charge in [0.25, 0.3) is 0 Å². The third-order valence-electron chi connectivity index (χ3n) is 7.34. The van der Waals surface area contributed by atoms with Crippen molar-refractivity contribution >= 4 is 0 Å². The summed E-state index contributed by atoms with van der Waals surface area (Å²) >= 11 is 0. The van der Waals surface area contributed by atoms with Gasteiger partial charge in [0.05, 0.1) is 0 Å². The Hall–Kier alpha value is -0.860. The van der Waals surface area contributed by atoms with Gasteiger partial charge in [0.2, 0.25) is 0 Å². The highest BCUT2D eigenvalue weighted by Crippen LogP contribution is 2.65. The molecule has 5 aliphatic rings. The molecule has 0 amide bonds. The molecule has 1 heterocycles. The van der Waals surface area contributed by atoms with Crippen molar-refractivity contribution in [3.05, 3.63) is 35.9 Å². The van der Waals surface area contributed by atoms with Gasteiger partial charge in [-0.3, -0.25) is 0 Å². The largest absolute Gasteiger partial charge is 0.314 e. The third kappa shape index (κ3) is 2.46. The second kappa shape index (κ2) is 5.32. The van der Waals surface area contributed by atoms with Crippen LogP contribution >= 0.6 is 0 Å². The van der Waals surface area contributed by atoms with Crippen LogP contribution in [0.2, 0.25) is 0 Å². The minimum Gasteiger partial charge on any atom is -0.314 e. The molecule has 124 valence electrons. The number of rotatable bonds is 3. The van der Waals surface area contributed by atoms with Crippen molar-refractivity contribution in [1.82, 2.24) is 10.2 Å². The van der Waals surface area contributed by atoms with Gasteiger partial charge >= 0.3 is 0 Å². The van der Waals surface area contributed by atoms with Crippen LogP contribution in [0.4, 0.5) is 0 Å². The van der Waals surface area contributed by atoms with Crippen LogP contribution in [0.25, 0.3) is 0 Å². The third-order valence-corrected chi connectivity index (χ3v) is 7.34. The van der Waals surface area contributed by atoms with Gasteiger partial charge in [0, 0.05) is 32.7 Å². The summed E-state index contributed by atoms with van der Waals surface area (Å²) in [4.78, 5) is 2.77. The maximum absolute atomic E-state index is 3.51. The molecule has 4 bridgehead atoms. The number of nitrogens with zero attached hydrogens (tertiary/aromatic N) is 1. The first-order valence-electron chi connectivity index (χ1n) is 9.74. The number of benzene rings is 1. The summed E-state index contributed by atoms with van der Waals surface area (Å²) in [5, 5.41) is 3.51. The fourth-order valence-electron chi connectivity index (χ4n) is 7.11. The van der Waals surface area contributed by atoms with E-state index in [0.29, 0.717) is 10.8 Å². The van der Waals surface area contributed by atoms with Crippen LogP contribution < -0.4 is 5.32 Å². The Balaban J connectivity index is 1.45. The Bertz CT molecular complexity index is 546. The van der Waals surface area contributed by atoms with E-state index in [-0.39, 0.29) is 0 Å². The van der Waals surface area contributed by atoms with Gasteiger partial charge in [0.1, 0.15) is 0 Å². The SMILES string of the molecule is c1ccc(C23CC4CC(CC(CN5CCNCC5)(C4)C2)C3)cc1. The van der Waals surface area contributed by atoms with Crippen molar-refractivity contribution in [2.45, 2.75) is 43.9 Å². The number of nitrogens with one attached hydrogen (secondary N) is 1. The maximum Gasteiger partial charge on any atom is 0.0108 e. The van der Waals surface area contributed by atoms with E-state index in [1.54, 1.807) is 5.56 Å². The summed E-state index contributed by atoms with van der Waals surface area (Å²) in [6.07, 6.45) is 8.95. The number of hydrogen-bond donors (Lipinski definition) is 1. The summed E-state index contributed by atoms with van der Waals surface area (Å²) in [7, 11) is 0. The molecule has 4 saturated carbocycles. The van der Waals surface area contributed by atoms with E-state index in [0.717, 1.165) is 11.8 Å². The lowest BCUT2D eigenvalue weighted by molar-refractivity contribution is -0.0871. The molecular weight excluding hydrogens is 280 g/mol. The monoisotopic (exact) mass is 310 g/mol. The second-order valence-corrected chi connectivity index (χ2v) is 9.13. The first-order valence-corrected chi connectivity index (χ1v) is 9.74. The Morgan fingerprint density at radius 1 is 0.957 bits per heavy atom. The van der Waals surface area contributed by atoms with E-state index in [1.807, 2.05) is 0 Å². The minimum atomic E-state index is 0.513. The van der Waals surface area contributed by atoms with E-state index in [2.05, 4.69) is 40.5 Å². The zero-order valence-electron chi connectivity index (χ0n) is 14.3. The predicted molar refractivity (Wildman–Crippen MR) is 94.5 cm³/mol. The Morgan fingerprint density at radius 3 is 2.35 bits per heavy atom. The summed E-state index contributed by atoms with van der Waals surface area (Å²) in [5.41, 5.74) is 2.79. The highest BCUT2D eigenvalue weighted by molar-refractivity contribution is 5.30. The highest BCUT2D eigenvalue weighted by Gasteiger charge is 2.58. The molecule has 2 nitrogen and oxygen atoms in total. The molecule has 1 saturated heterocycles. The lowest BCUT2D eigenvalue weighted by Crippen LogP contribution is -2.58. The van der Waals surface area contributed by atoms with Crippen molar-refractivity contribution in [3.63, 3.8) is 0 Å². The lowest BCUT2D eigenvalue weighted by atomic mass is 9.43. The fraction of sp³-hybridized carbons (Fsp3) is 0.714. The standard InChI is InChI=1S/C21H30N2/c1-2-4-19(5-3-1)21-13-17-10-18(14-21)12-20(11-17,15-21)16-23-8-6-22-7-9-23/h1-5,17-18,22H,6-16H2. The quantitative estimate of drug-likeness (QED) is 0.920. The molecular formula is C21H30N2. The fourth-order valence-corrected chi connectivity index (χ4v) is 7.11. The zero-order chi connectivity index (χ0) is 15.3. The summed E-state index contributed by atoms with van der Waals surface area (Å²) < 4.78 is 0. The van der Waals surface area contributed by atoms with Crippen LogP contribution in [0, 0.1) is 17.3 Å². The predicted octanol–water partition coefficient (Wildman–Crippen LogP) is 3.43. The molecule has 5 fully saturated rings. The number of piperazine rings is 1. The molecule has 0 aromatic heterocycles. The van der Waals surface area contributed by atoms with Gasteiger partial charge in [-0.1, -0.05) is 30.3 Å². The first kappa shape index (κ1) is 14.5. The van der Waals surface area contributed by atoms with E-state index in [9.17, 15) is 0 Å². The van der Waals surface area contributed by atoms with Crippen LogP contribution in [0.1, 0.15) is 44.1 Å². The van der Waals surface area contributed by atoms with Gasteiger partial charge < -0.3 is 10.2 Å². The molecule has 2 unspecified atom stereocenters. The van der Waals surface area contributed by atoms with Gasteiger partial charge in [-0.15, -0.1) is 0 Å². The van der Waals surface area contributed by atoms with E-state index in [4.69, 9.17) is 0 Å². The van der Waals surface area contributed by atoms with Gasteiger partial charge in [0.15, 0.2) is 0 Å². The Labute approximate surface area is 140 Å². The van der Waals surface area contributed by atoms with Crippen molar-refractivity contribution in [3.8, 4) is 0 Å². The van der Waals surface area contributed by atoms with E-state index >= 15 is 0 Å². The normalized spacial score (nSPS) is 43.0. The topological polar surface area (TPSA) is 15.3 Å². The summed E-state index contributed by atoms with van der Waals surface area (Å²) in [6, 6.07) is 11.5. The Morgan fingerprint density at radius 2 is 1.65 bits per heavy atom. The van der Waals surface area contributed by atoms with Gasteiger partial charge in [-0.05, 0) is 66.8 Å². The molecule has 2 atom stereocenters. The number of hydrogen-bond acceptors (Lipinski definition) is 2. The highest BCUT2D eigenvalue weighted by atomic mass is 15.2. The molecule has 1 aromatic carbocycles. The molecule has 0 radical (unpaired) electrons. The molecule has 4 aliphatic carbocycles. The van der Waals surface area contributed by atoms with Crippen LogP contribution in [0.15, 0.2) is 30.3 Å². The molecule has 6 rings (SSSR count). The van der Waals surface area contributed by atoms with Crippen molar-refractivity contribution in [2.75, 3.05) is 32.7 Å². The molecule has 1 N–H and O–H groups in total. The maximum atomic E-state index is 3.51. The van der Waals surface area contributed by atoms with Crippen molar-refractivity contribution < 1.29 is 0 Å². The average molecular weight is 310 g/mol.